The highest BCUT2D eigenvalue weighted by Gasteiger charge is 2.07. The quantitative estimate of drug-likeness (QED) is 0.795. The minimum Gasteiger partial charge on any atom is -0.383 e. The summed E-state index contributed by atoms with van der Waals surface area (Å²) >= 11 is 0. The SMILES string of the molecule is CCN(CCOC)c1cc([C@@H](C)N)ccn1. The van der Waals surface area contributed by atoms with Gasteiger partial charge in [-0.15, -0.1) is 0 Å². The highest BCUT2D eigenvalue weighted by Crippen LogP contribution is 2.16. The summed E-state index contributed by atoms with van der Waals surface area (Å²) in [6.07, 6.45) is 1.81. The molecule has 1 aromatic rings. The van der Waals surface area contributed by atoms with Gasteiger partial charge in [0.1, 0.15) is 5.82 Å². The van der Waals surface area contributed by atoms with Crippen molar-refractivity contribution in [1.82, 2.24) is 4.98 Å². The lowest BCUT2D eigenvalue weighted by atomic mass is 10.1. The number of hydrogen-bond acceptors (Lipinski definition) is 4. The van der Waals surface area contributed by atoms with Crippen molar-refractivity contribution in [3.8, 4) is 0 Å². The van der Waals surface area contributed by atoms with Crippen molar-refractivity contribution in [3.05, 3.63) is 23.9 Å². The number of anilines is 1. The summed E-state index contributed by atoms with van der Waals surface area (Å²) in [5.41, 5.74) is 6.97. The van der Waals surface area contributed by atoms with Crippen molar-refractivity contribution in [1.29, 1.82) is 0 Å². The monoisotopic (exact) mass is 223 g/mol. The predicted octanol–water partition coefficient (Wildman–Crippen LogP) is 1.57. The average Bonchev–Trinajstić information content (AvgIpc) is 2.30. The summed E-state index contributed by atoms with van der Waals surface area (Å²) in [5.74, 6) is 0.967. The molecule has 16 heavy (non-hydrogen) atoms. The number of hydrogen-bond donors (Lipinski definition) is 1. The zero-order chi connectivity index (χ0) is 12.0. The third-order valence-electron chi connectivity index (χ3n) is 2.57. The highest BCUT2D eigenvalue weighted by atomic mass is 16.5. The fraction of sp³-hybridized carbons (Fsp3) is 0.583. The van der Waals surface area contributed by atoms with Crippen LogP contribution in [-0.2, 0) is 4.74 Å². The number of nitrogens with zero attached hydrogens (tertiary/aromatic N) is 2. The second-order valence-corrected chi connectivity index (χ2v) is 3.81. The lowest BCUT2D eigenvalue weighted by Crippen LogP contribution is -2.27. The number of rotatable bonds is 6. The summed E-state index contributed by atoms with van der Waals surface area (Å²) in [5, 5.41) is 0. The predicted molar refractivity (Wildman–Crippen MR) is 66.6 cm³/mol. The Morgan fingerprint density at radius 3 is 2.88 bits per heavy atom. The molecule has 1 heterocycles. The number of methoxy groups -OCH3 is 1. The molecule has 0 bridgehead atoms. The van der Waals surface area contributed by atoms with Crippen LogP contribution in [0.3, 0.4) is 0 Å². The van der Waals surface area contributed by atoms with Crippen LogP contribution >= 0.6 is 0 Å². The molecular formula is C12H21N3O. The first-order chi connectivity index (χ1) is 7.69. The summed E-state index contributed by atoms with van der Waals surface area (Å²) < 4.78 is 5.08. The summed E-state index contributed by atoms with van der Waals surface area (Å²) in [7, 11) is 1.71. The van der Waals surface area contributed by atoms with E-state index >= 15 is 0 Å². The Kier molecular flexibility index (Phi) is 5.22. The number of nitrogens with two attached hydrogens (primary N) is 1. The molecule has 4 nitrogen and oxygen atoms in total. The van der Waals surface area contributed by atoms with Gasteiger partial charge in [0.2, 0.25) is 0 Å². The zero-order valence-electron chi connectivity index (χ0n) is 10.3. The van der Waals surface area contributed by atoms with Crippen LogP contribution in [0.4, 0.5) is 5.82 Å². The van der Waals surface area contributed by atoms with E-state index in [4.69, 9.17) is 10.5 Å². The molecule has 90 valence electrons. The molecule has 0 spiro atoms. The molecule has 0 saturated heterocycles. The van der Waals surface area contributed by atoms with Gasteiger partial charge in [0.15, 0.2) is 0 Å². The van der Waals surface area contributed by atoms with Gasteiger partial charge in [-0.25, -0.2) is 4.98 Å². The van der Waals surface area contributed by atoms with E-state index in [1.165, 1.54) is 0 Å². The maximum atomic E-state index is 5.85. The zero-order valence-corrected chi connectivity index (χ0v) is 10.3. The average molecular weight is 223 g/mol. The molecule has 0 aliphatic heterocycles. The van der Waals surface area contributed by atoms with Crippen LogP contribution in [0, 0.1) is 0 Å². The first kappa shape index (κ1) is 12.9. The van der Waals surface area contributed by atoms with E-state index in [9.17, 15) is 0 Å². The first-order valence-electron chi connectivity index (χ1n) is 5.64. The highest BCUT2D eigenvalue weighted by molar-refractivity contribution is 5.41. The van der Waals surface area contributed by atoms with Gasteiger partial charge >= 0.3 is 0 Å². The molecule has 0 aromatic carbocycles. The van der Waals surface area contributed by atoms with Crippen LogP contribution in [0.25, 0.3) is 0 Å². The molecule has 2 N–H and O–H groups in total. The number of likely N-dealkylation sites (N-methyl/N-ethyl adjacent to an activating group) is 1. The van der Waals surface area contributed by atoms with Gasteiger partial charge in [0.25, 0.3) is 0 Å². The van der Waals surface area contributed by atoms with Crippen LogP contribution in [0.1, 0.15) is 25.5 Å². The van der Waals surface area contributed by atoms with E-state index in [1.807, 2.05) is 25.3 Å². The summed E-state index contributed by atoms with van der Waals surface area (Å²) in [6.45, 7) is 6.56. The molecule has 0 aliphatic rings. The molecule has 1 atom stereocenters. The lowest BCUT2D eigenvalue weighted by Gasteiger charge is -2.22. The Hall–Kier alpha value is -1.13. The van der Waals surface area contributed by atoms with Crippen molar-refractivity contribution in [2.24, 2.45) is 5.73 Å². The molecule has 0 saturated carbocycles. The van der Waals surface area contributed by atoms with E-state index in [1.54, 1.807) is 7.11 Å². The van der Waals surface area contributed by atoms with Crippen LogP contribution in [-0.4, -0.2) is 31.8 Å². The molecule has 1 aromatic heterocycles. The maximum absolute atomic E-state index is 5.85. The Balaban J connectivity index is 2.79. The van der Waals surface area contributed by atoms with Crippen molar-refractivity contribution in [2.45, 2.75) is 19.9 Å². The Morgan fingerprint density at radius 1 is 1.56 bits per heavy atom. The van der Waals surface area contributed by atoms with Gasteiger partial charge in [0.05, 0.1) is 6.61 Å². The van der Waals surface area contributed by atoms with E-state index < -0.39 is 0 Å². The normalized spacial score (nSPS) is 12.5. The van der Waals surface area contributed by atoms with Gasteiger partial charge < -0.3 is 15.4 Å². The summed E-state index contributed by atoms with van der Waals surface area (Å²) in [6, 6.07) is 4.05. The summed E-state index contributed by atoms with van der Waals surface area (Å²) in [4.78, 5) is 6.54. The molecule has 1 rings (SSSR count). The Labute approximate surface area is 97.4 Å². The molecule has 0 unspecified atom stereocenters. The Bertz CT molecular complexity index is 315. The number of pyridine rings is 1. The third-order valence-corrected chi connectivity index (χ3v) is 2.57. The minimum atomic E-state index is 0.0443. The van der Waals surface area contributed by atoms with Gasteiger partial charge in [-0.05, 0) is 31.5 Å². The van der Waals surface area contributed by atoms with Crippen LogP contribution < -0.4 is 10.6 Å². The van der Waals surface area contributed by atoms with Crippen molar-refractivity contribution in [2.75, 3.05) is 31.7 Å². The second kappa shape index (κ2) is 6.45. The molecular weight excluding hydrogens is 202 g/mol. The molecule has 0 radical (unpaired) electrons. The van der Waals surface area contributed by atoms with Gasteiger partial charge in [-0.1, -0.05) is 0 Å². The van der Waals surface area contributed by atoms with E-state index in [-0.39, 0.29) is 6.04 Å². The Morgan fingerprint density at radius 2 is 2.31 bits per heavy atom. The second-order valence-electron chi connectivity index (χ2n) is 3.81. The van der Waals surface area contributed by atoms with Crippen LogP contribution in [0.15, 0.2) is 18.3 Å². The molecule has 4 heteroatoms. The lowest BCUT2D eigenvalue weighted by molar-refractivity contribution is 0.205. The van der Waals surface area contributed by atoms with Crippen molar-refractivity contribution < 1.29 is 4.74 Å². The van der Waals surface area contributed by atoms with E-state index in [0.717, 1.165) is 24.5 Å². The fourth-order valence-electron chi connectivity index (χ4n) is 1.53. The largest absolute Gasteiger partial charge is 0.383 e. The van der Waals surface area contributed by atoms with Crippen molar-refractivity contribution in [3.63, 3.8) is 0 Å². The minimum absolute atomic E-state index is 0.0443. The fourth-order valence-corrected chi connectivity index (χ4v) is 1.53. The van der Waals surface area contributed by atoms with E-state index in [2.05, 4.69) is 16.8 Å². The topological polar surface area (TPSA) is 51.4 Å². The van der Waals surface area contributed by atoms with E-state index in [0.29, 0.717) is 6.61 Å². The van der Waals surface area contributed by atoms with Gasteiger partial charge in [-0.3, -0.25) is 0 Å². The molecule has 0 aliphatic carbocycles. The molecule has 0 amide bonds. The van der Waals surface area contributed by atoms with Crippen LogP contribution in [0.5, 0.6) is 0 Å². The number of aromatic nitrogens is 1. The van der Waals surface area contributed by atoms with Crippen LogP contribution in [0.2, 0.25) is 0 Å². The standard InChI is InChI=1S/C12H21N3O/c1-4-15(7-8-16-3)12-9-11(10(2)13)5-6-14-12/h5-6,9-10H,4,7-8,13H2,1-3H3/t10-/m1/s1. The third kappa shape index (κ3) is 3.47. The van der Waals surface area contributed by atoms with Crippen molar-refractivity contribution >= 4 is 5.82 Å². The smallest absolute Gasteiger partial charge is 0.128 e. The van der Waals surface area contributed by atoms with Gasteiger partial charge in [-0.2, -0.15) is 0 Å². The first-order valence-corrected chi connectivity index (χ1v) is 5.64. The maximum Gasteiger partial charge on any atom is 0.128 e. The molecule has 0 fully saturated rings. The van der Waals surface area contributed by atoms with Gasteiger partial charge in [0, 0.05) is 32.4 Å². The number of ether oxygens (including phenoxy) is 1.